The number of nitrogens with zero attached hydrogens (tertiary/aromatic N) is 1. The molecule has 0 spiro atoms. The fourth-order valence-electron chi connectivity index (χ4n) is 2.92. The highest BCUT2D eigenvalue weighted by atomic mass is 16.4. The summed E-state index contributed by atoms with van der Waals surface area (Å²) in [5.41, 5.74) is 1.12. The normalized spacial score (nSPS) is 19.7. The lowest BCUT2D eigenvalue weighted by atomic mass is 9.94. The van der Waals surface area contributed by atoms with E-state index in [1.807, 2.05) is 6.92 Å². The van der Waals surface area contributed by atoms with Crippen LogP contribution in [0.4, 0.5) is 0 Å². The minimum Gasteiger partial charge on any atom is -0.481 e. The highest BCUT2D eigenvalue weighted by Crippen LogP contribution is 2.23. The summed E-state index contributed by atoms with van der Waals surface area (Å²) in [6, 6.07) is 0.541. The first-order valence-corrected chi connectivity index (χ1v) is 7.62. The molecule has 1 saturated carbocycles. The van der Waals surface area contributed by atoms with Crippen molar-refractivity contribution in [1.29, 1.82) is 0 Å². The Kier molecular flexibility index (Phi) is 7.14. The van der Waals surface area contributed by atoms with Gasteiger partial charge in [0.05, 0.1) is 5.92 Å². The second-order valence-electron chi connectivity index (χ2n) is 6.12. The molecule has 3 heteroatoms. The van der Waals surface area contributed by atoms with Crippen molar-refractivity contribution in [3.05, 3.63) is 12.2 Å². The maximum Gasteiger partial charge on any atom is 0.307 e. The lowest BCUT2D eigenvalue weighted by molar-refractivity contribution is -0.141. The molecular formula is C16H29NO2. The molecule has 1 atom stereocenters. The highest BCUT2D eigenvalue weighted by molar-refractivity contribution is 5.69. The average molecular weight is 267 g/mol. The van der Waals surface area contributed by atoms with Crippen molar-refractivity contribution < 1.29 is 9.90 Å². The molecule has 110 valence electrons. The van der Waals surface area contributed by atoms with Gasteiger partial charge in [0.25, 0.3) is 0 Å². The standard InChI is InChI=1S/C16H29NO2/c1-13(2)11-17(12-14(3)16(18)19)15-9-7-5-4-6-8-10-15/h14-15H,1,4-12H2,2-3H3,(H,18,19). The van der Waals surface area contributed by atoms with E-state index in [-0.39, 0.29) is 5.92 Å². The van der Waals surface area contributed by atoms with Gasteiger partial charge in [0.1, 0.15) is 0 Å². The van der Waals surface area contributed by atoms with Crippen molar-refractivity contribution in [3.8, 4) is 0 Å². The van der Waals surface area contributed by atoms with Gasteiger partial charge in [-0.15, -0.1) is 0 Å². The van der Waals surface area contributed by atoms with Crippen molar-refractivity contribution in [3.63, 3.8) is 0 Å². The molecule has 1 aliphatic rings. The van der Waals surface area contributed by atoms with Crippen LogP contribution in [-0.4, -0.2) is 35.1 Å². The molecule has 0 radical (unpaired) electrons. The number of carbonyl (C=O) groups is 1. The van der Waals surface area contributed by atoms with Gasteiger partial charge in [-0.2, -0.15) is 0 Å². The first-order chi connectivity index (χ1) is 9.00. The van der Waals surface area contributed by atoms with Crippen LogP contribution in [0.2, 0.25) is 0 Å². The molecule has 0 aromatic carbocycles. The van der Waals surface area contributed by atoms with Crippen LogP contribution in [0.15, 0.2) is 12.2 Å². The first kappa shape index (κ1) is 16.2. The molecule has 1 rings (SSSR count). The molecular weight excluding hydrogens is 238 g/mol. The molecule has 19 heavy (non-hydrogen) atoms. The van der Waals surface area contributed by atoms with Gasteiger partial charge in [-0.1, -0.05) is 51.2 Å². The van der Waals surface area contributed by atoms with Crippen molar-refractivity contribution in [2.75, 3.05) is 13.1 Å². The van der Waals surface area contributed by atoms with Crippen molar-refractivity contribution in [2.45, 2.75) is 64.8 Å². The fraction of sp³-hybridized carbons (Fsp3) is 0.812. The maximum atomic E-state index is 11.1. The molecule has 0 aromatic heterocycles. The zero-order chi connectivity index (χ0) is 14.3. The molecule has 0 aromatic rings. The summed E-state index contributed by atoms with van der Waals surface area (Å²) in [4.78, 5) is 13.4. The lowest BCUT2D eigenvalue weighted by Crippen LogP contribution is -2.41. The Labute approximate surface area is 117 Å². The summed E-state index contributed by atoms with van der Waals surface area (Å²) in [6.45, 7) is 9.31. The van der Waals surface area contributed by atoms with Gasteiger partial charge in [0.15, 0.2) is 0 Å². The molecule has 0 aliphatic heterocycles. The molecule has 1 aliphatic carbocycles. The zero-order valence-corrected chi connectivity index (χ0v) is 12.5. The van der Waals surface area contributed by atoms with Crippen LogP contribution in [0.3, 0.4) is 0 Å². The summed E-state index contributed by atoms with van der Waals surface area (Å²) in [5.74, 6) is -0.998. The smallest absolute Gasteiger partial charge is 0.307 e. The number of aliphatic carboxylic acids is 1. The average Bonchev–Trinajstić information content (AvgIpc) is 2.26. The Morgan fingerprint density at radius 1 is 1.26 bits per heavy atom. The minimum atomic E-state index is -0.697. The van der Waals surface area contributed by atoms with Gasteiger partial charge in [0.2, 0.25) is 0 Å². The van der Waals surface area contributed by atoms with Crippen LogP contribution < -0.4 is 0 Å². The number of rotatable bonds is 6. The van der Waals surface area contributed by atoms with E-state index in [9.17, 15) is 4.79 Å². The summed E-state index contributed by atoms with van der Waals surface area (Å²) >= 11 is 0. The van der Waals surface area contributed by atoms with Crippen molar-refractivity contribution >= 4 is 5.97 Å². The first-order valence-electron chi connectivity index (χ1n) is 7.62. The van der Waals surface area contributed by atoms with E-state index in [1.54, 1.807) is 6.92 Å². The number of carboxylic acids is 1. The second kappa shape index (κ2) is 8.36. The molecule has 0 bridgehead atoms. The van der Waals surface area contributed by atoms with Crippen LogP contribution in [0.25, 0.3) is 0 Å². The predicted molar refractivity (Wildman–Crippen MR) is 79.3 cm³/mol. The summed E-state index contributed by atoms with van der Waals surface area (Å²) in [5, 5.41) is 9.11. The summed E-state index contributed by atoms with van der Waals surface area (Å²) in [6.07, 6.45) is 8.98. The topological polar surface area (TPSA) is 40.5 Å². The van der Waals surface area contributed by atoms with Crippen LogP contribution >= 0.6 is 0 Å². The van der Waals surface area contributed by atoms with Gasteiger partial charge >= 0.3 is 5.97 Å². The summed E-state index contributed by atoms with van der Waals surface area (Å²) in [7, 11) is 0. The van der Waals surface area contributed by atoms with E-state index in [4.69, 9.17) is 5.11 Å². The van der Waals surface area contributed by atoms with E-state index in [2.05, 4.69) is 11.5 Å². The number of carboxylic acid groups (broad SMARTS) is 1. The molecule has 1 unspecified atom stereocenters. The van der Waals surface area contributed by atoms with Crippen LogP contribution in [0.1, 0.15) is 58.8 Å². The van der Waals surface area contributed by atoms with Gasteiger partial charge < -0.3 is 5.11 Å². The van der Waals surface area contributed by atoms with Crippen LogP contribution in [0.5, 0.6) is 0 Å². The van der Waals surface area contributed by atoms with E-state index >= 15 is 0 Å². The lowest BCUT2D eigenvalue weighted by Gasteiger charge is -2.34. The molecule has 3 nitrogen and oxygen atoms in total. The van der Waals surface area contributed by atoms with Crippen molar-refractivity contribution in [1.82, 2.24) is 4.90 Å². The van der Waals surface area contributed by atoms with E-state index in [0.29, 0.717) is 12.6 Å². The second-order valence-corrected chi connectivity index (χ2v) is 6.12. The Morgan fingerprint density at radius 2 is 1.79 bits per heavy atom. The molecule has 0 saturated heterocycles. The number of hydrogen-bond acceptors (Lipinski definition) is 2. The molecule has 0 heterocycles. The quantitative estimate of drug-likeness (QED) is 0.746. The molecule has 1 fully saturated rings. The van der Waals surface area contributed by atoms with E-state index in [0.717, 1.165) is 12.1 Å². The Balaban J connectivity index is 2.64. The van der Waals surface area contributed by atoms with Crippen LogP contribution in [-0.2, 0) is 4.79 Å². The predicted octanol–water partition coefficient (Wildman–Crippen LogP) is 3.70. The monoisotopic (exact) mass is 267 g/mol. The third-order valence-electron chi connectivity index (χ3n) is 3.99. The van der Waals surface area contributed by atoms with Gasteiger partial charge in [0, 0.05) is 19.1 Å². The Bertz CT molecular complexity index is 293. The van der Waals surface area contributed by atoms with E-state index in [1.165, 1.54) is 44.9 Å². The molecule has 0 amide bonds. The summed E-state index contributed by atoms with van der Waals surface area (Å²) < 4.78 is 0. The fourth-order valence-corrected chi connectivity index (χ4v) is 2.92. The Hall–Kier alpha value is -0.830. The van der Waals surface area contributed by atoms with Crippen molar-refractivity contribution in [2.24, 2.45) is 5.92 Å². The van der Waals surface area contributed by atoms with Crippen LogP contribution in [0, 0.1) is 5.92 Å². The maximum absolute atomic E-state index is 11.1. The third kappa shape index (κ3) is 6.24. The SMILES string of the molecule is C=C(C)CN(CC(C)C(=O)O)C1CCCCCCC1. The highest BCUT2D eigenvalue weighted by Gasteiger charge is 2.23. The Morgan fingerprint density at radius 3 is 2.26 bits per heavy atom. The zero-order valence-electron chi connectivity index (χ0n) is 12.5. The minimum absolute atomic E-state index is 0.301. The van der Waals surface area contributed by atoms with Gasteiger partial charge in [-0.25, -0.2) is 0 Å². The number of hydrogen-bond donors (Lipinski definition) is 1. The molecule has 1 N–H and O–H groups in total. The largest absolute Gasteiger partial charge is 0.481 e. The third-order valence-corrected chi connectivity index (χ3v) is 3.99. The van der Waals surface area contributed by atoms with Gasteiger partial charge in [-0.3, -0.25) is 9.69 Å². The van der Waals surface area contributed by atoms with E-state index < -0.39 is 5.97 Å². The van der Waals surface area contributed by atoms with Gasteiger partial charge in [-0.05, 0) is 19.8 Å².